The molecule has 3 aliphatic rings. The molecule has 0 heterocycles. The van der Waals surface area contributed by atoms with Crippen molar-refractivity contribution >= 4 is 40.5 Å². The maximum atomic E-state index is 15.3. The number of carbonyl (C=O) groups excluding carboxylic acids is 4. The number of aliphatic hydroxyl groups excluding tert-OH is 2. The Balaban J connectivity index is 2.24. The third-order valence-corrected chi connectivity index (χ3v) is 13.0. The molecular formula is C42H65N5O8. The molecule has 13 nitrogen and oxygen atoms in total. The van der Waals surface area contributed by atoms with Crippen LogP contribution in [0.4, 0.5) is 11.4 Å². The summed E-state index contributed by atoms with van der Waals surface area (Å²) in [7, 11) is 1.19. The summed E-state index contributed by atoms with van der Waals surface area (Å²) in [6.07, 6.45) is -3.45. The van der Waals surface area contributed by atoms with Gasteiger partial charge in [-0.3, -0.25) is 24.1 Å². The van der Waals surface area contributed by atoms with Gasteiger partial charge in [0.2, 0.25) is 11.7 Å². The van der Waals surface area contributed by atoms with Crippen molar-refractivity contribution in [3.05, 3.63) is 33.6 Å². The number of hydrogen-bond acceptors (Lipinski definition) is 11. The number of fused-ring (bicyclic) bond motifs is 3. The summed E-state index contributed by atoms with van der Waals surface area (Å²) >= 11 is 0. The van der Waals surface area contributed by atoms with Gasteiger partial charge in [-0.1, -0.05) is 48.5 Å². The molecule has 0 spiro atoms. The summed E-state index contributed by atoms with van der Waals surface area (Å²) in [5.41, 5.74) is -4.98. The highest BCUT2D eigenvalue weighted by Gasteiger charge is 2.70. The van der Waals surface area contributed by atoms with E-state index in [9.17, 15) is 40.3 Å². The van der Waals surface area contributed by atoms with Gasteiger partial charge in [-0.25, -0.2) is 0 Å². The number of amides is 2. The summed E-state index contributed by atoms with van der Waals surface area (Å²) in [6, 6.07) is -4.41. The van der Waals surface area contributed by atoms with Crippen molar-refractivity contribution in [2.24, 2.45) is 28.9 Å². The number of nitrogens with two attached hydrogens (primary N) is 1. The smallest absolute Gasteiger partial charge is 0.255 e. The fraction of sp³-hybridized carbons (Fsp3) is 0.667. The van der Waals surface area contributed by atoms with Gasteiger partial charge in [0.15, 0.2) is 17.1 Å². The Morgan fingerprint density at radius 1 is 1.04 bits per heavy atom. The van der Waals surface area contributed by atoms with E-state index < -0.39 is 98.1 Å². The molecule has 0 radical (unpaired) electrons. The Kier molecular flexibility index (Phi) is 10.0. The lowest BCUT2D eigenvalue weighted by Gasteiger charge is -2.60. The molecule has 0 aromatic heterocycles. The number of primary amides is 1. The van der Waals surface area contributed by atoms with Gasteiger partial charge in [0.05, 0.1) is 25.2 Å². The number of rotatable bonds is 12. The summed E-state index contributed by atoms with van der Waals surface area (Å²) in [6.45, 7) is 24.9. The van der Waals surface area contributed by atoms with Gasteiger partial charge >= 0.3 is 0 Å². The standard InChI is InChI=1S/C42H65N5O8/c1-16-47(22(8)9)31-23(10)30(45-25(48)18-44-41(14,19(2)3)20(4)5)34(50)26-28(31)39(11,12)40(13)17-24-32(46(15)21(6)7)35(51)27(38(43)54)36(52)42(24,55)37(53)29(40)33(26)49/h19-22,24,32,44,49-50,52,55H,16-18H2,1-15H3,(H2,43,54)(H,45,48)/t24-,32?,40-,42+/m0/s1/i17D2,24D,32D. The highest BCUT2D eigenvalue weighted by atomic mass is 16.3. The number of likely N-dealkylation sites (N-methyl/N-ethyl adjacent to an activating group) is 1. The predicted molar refractivity (Wildman–Crippen MR) is 215 cm³/mol. The van der Waals surface area contributed by atoms with Gasteiger partial charge in [-0.2, -0.15) is 0 Å². The zero-order chi connectivity index (χ0) is 45.9. The fourth-order valence-electron chi connectivity index (χ4n) is 8.42. The third-order valence-electron chi connectivity index (χ3n) is 13.0. The highest BCUT2D eigenvalue weighted by molar-refractivity contribution is 6.25. The molecule has 0 bridgehead atoms. The first-order valence-corrected chi connectivity index (χ1v) is 19.1. The van der Waals surface area contributed by atoms with Crippen LogP contribution in [0.1, 0.15) is 119 Å². The van der Waals surface area contributed by atoms with Crippen LogP contribution in [0.2, 0.25) is 0 Å². The molecule has 1 fully saturated rings. The normalized spacial score (nSPS) is 29.9. The van der Waals surface area contributed by atoms with Gasteiger partial charge < -0.3 is 41.7 Å². The number of carbonyl (C=O) groups is 4. The number of anilines is 2. The average Bonchev–Trinajstić information content (AvgIpc) is 3.12. The zero-order valence-corrected chi connectivity index (χ0v) is 35.1. The molecule has 1 aromatic carbocycles. The summed E-state index contributed by atoms with van der Waals surface area (Å²) in [5, 5.41) is 55.4. The number of benzene rings is 1. The van der Waals surface area contributed by atoms with Crippen molar-refractivity contribution in [2.75, 3.05) is 30.4 Å². The lowest BCUT2D eigenvalue weighted by molar-refractivity contribution is -0.160. The van der Waals surface area contributed by atoms with Crippen LogP contribution in [0.3, 0.4) is 0 Å². The summed E-state index contributed by atoms with van der Waals surface area (Å²) < 4.78 is 39.9. The van der Waals surface area contributed by atoms with Crippen LogP contribution in [-0.2, 0) is 24.6 Å². The van der Waals surface area contributed by atoms with E-state index in [0.29, 0.717) is 17.8 Å². The molecule has 1 saturated carbocycles. The van der Waals surface area contributed by atoms with E-state index in [1.807, 2.05) is 60.3 Å². The quantitative estimate of drug-likeness (QED) is 0.111. The molecule has 2 amide bonds. The monoisotopic (exact) mass is 772 g/mol. The molecule has 1 aromatic rings. The number of aliphatic hydroxyl groups is 3. The Bertz CT molecular complexity index is 2060. The number of Topliss-reactive ketones (excluding diaryl/α,β-unsaturated/α-hetero) is 2. The Labute approximate surface area is 332 Å². The van der Waals surface area contributed by atoms with E-state index in [-0.39, 0.29) is 41.2 Å². The van der Waals surface area contributed by atoms with Crippen LogP contribution >= 0.6 is 0 Å². The molecule has 1 unspecified atom stereocenters. The first-order valence-electron chi connectivity index (χ1n) is 21.1. The minimum atomic E-state index is -3.88. The molecule has 4 rings (SSSR count). The molecule has 13 heteroatoms. The first kappa shape index (κ1) is 38.0. The SMILES string of the molecule is [2H]C1(N(C)C(C)C)C(=O)C(C(N)=O)=C(O)[C@@]2(O)C(=O)C3=C(O)c4c(O)c(NC(=O)CNC(C)(C(C)C)C(C)C)c(C)c(N(CC)C(C)C)c4C(C)(C)[C@@]3(C)C([2H])([2H])[C@@]12[2H]. The van der Waals surface area contributed by atoms with Crippen molar-refractivity contribution in [3.8, 4) is 5.75 Å². The fourth-order valence-corrected chi connectivity index (χ4v) is 8.42. The molecule has 3 aliphatic carbocycles. The van der Waals surface area contributed by atoms with Crippen molar-refractivity contribution in [1.29, 1.82) is 0 Å². The topological polar surface area (TPSA) is 206 Å². The van der Waals surface area contributed by atoms with Gasteiger partial charge in [-0.15, -0.1) is 0 Å². The van der Waals surface area contributed by atoms with Gasteiger partial charge in [0.25, 0.3) is 5.91 Å². The van der Waals surface area contributed by atoms with E-state index >= 15 is 4.79 Å². The minimum Gasteiger partial charge on any atom is -0.508 e. The maximum Gasteiger partial charge on any atom is 0.255 e. The van der Waals surface area contributed by atoms with Crippen molar-refractivity contribution in [2.45, 2.75) is 138 Å². The molecule has 4 atom stereocenters. The highest BCUT2D eigenvalue weighted by Crippen LogP contribution is 2.66. The zero-order valence-electron chi connectivity index (χ0n) is 39.1. The third kappa shape index (κ3) is 6.25. The molecular weight excluding hydrogens is 702 g/mol. The van der Waals surface area contributed by atoms with Crippen molar-refractivity contribution in [1.82, 2.24) is 10.2 Å². The molecule has 8 N–H and O–H groups in total. The largest absolute Gasteiger partial charge is 0.508 e. The van der Waals surface area contributed by atoms with Crippen molar-refractivity contribution < 1.29 is 45.1 Å². The van der Waals surface area contributed by atoms with E-state index in [1.54, 1.807) is 6.92 Å². The minimum absolute atomic E-state index is 0.113. The number of nitrogens with one attached hydrogen (secondary N) is 2. The van der Waals surface area contributed by atoms with Gasteiger partial charge in [-0.05, 0) is 79.3 Å². The van der Waals surface area contributed by atoms with Gasteiger partial charge in [0.1, 0.15) is 17.1 Å². The van der Waals surface area contributed by atoms with E-state index in [4.69, 9.17) is 5.73 Å². The predicted octanol–water partition coefficient (Wildman–Crippen LogP) is 5.01. The lowest BCUT2D eigenvalue weighted by atomic mass is 9.45. The molecule has 306 valence electrons. The van der Waals surface area contributed by atoms with Crippen LogP contribution in [-0.4, -0.2) is 98.1 Å². The number of hydrogen-bond donors (Lipinski definition) is 7. The molecule has 0 aliphatic heterocycles. The van der Waals surface area contributed by atoms with E-state index in [2.05, 4.69) is 10.6 Å². The summed E-state index contributed by atoms with van der Waals surface area (Å²) in [5.74, 6) is -12.3. The molecule has 0 saturated heterocycles. The average molecular weight is 772 g/mol. The van der Waals surface area contributed by atoms with Crippen LogP contribution in [0.5, 0.6) is 5.75 Å². The molecule has 55 heavy (non-hydrogen) atoms. The van der Waals surface area contributed by atoms with Crippen LogP contribution < -0.4 is 21.3 Å². The number of phenols is 1. The van der Waals surface area contributed by atoms with E-state index in [0.717, 1.165) is 4.90 Å². The number of ketones is 2. The second-order valence-electron chi connectivity index (χ2n) is 17.3. The van der Waals surface area contributed by atoms with Crippen LogP contribution in [0.25, 0.3) is 5.76 Å². The Morgan fingerprint density at radius 2 is 1.58 bits per heavy atom. The first-order chi connectivity index (χ1) is 26.6. The van der Waals surface area contributed by atoms with Gasteiger partial charge in [0, 0.05) is 61.8 Å². The number of nitrogens with zero attached hydrogens (tertiary/aromatic N) is 2. The number of phenolic OH excluding ortho intramolecular Hbond substituents is 1. The number of aromatic hydroxyl groups is 1. The maximum absolute atomic E-state index is 15.3. The Hall–Kier alpha value is -3.94. The van der Waals surface area contributed by atoms with Crippen LogP contribution in [0, 0.1) is 30.1 Å². The second kappa shape index (κ2) is 14.5. The van der Waals surface area contributed by atoms with Crippen LogP contribution in [0.15, 0.2) is 16.9 Å². The lowest BCUT2D eigenvalue weighted by Crippen LogP contribution is -2.69. The van der Waals surface area contributed by atoms with Crippen molar-refractivity contribution in [3.63, 3.8) is 0 Å². The van der Waals surface area contributed by atoms with E-state index in [1.165, 1.54) is 41.7 Å². The Morgan fingerprint density at radius 3 is 2.04 bits per heavy atom. The second-order valence-corrected chi connectivity index (χ2v) is 17.3. The summed E-state index contributed by atoms with van der Waals surface area (Å²) in [4.78, 5) is 59.2.